The molecule has 1 saturated heterocycles. The summed E-state index contributed by atoms with van der Waals surface area (Å²) in [5.74, 6) is 0.697. The van der Waals surface area contributed by atoms with Gasteiger partial charge in [-0.25, -0.2) is 23.7 Å². The number of morpholine rings is 1. The Labute approximate surface area is 169 Å². The fraction of sp³-hybridized carbons (Fsp3) is 0.421. The Kier molecular flexibility index (Phi) is 5.55. The summed E-state index contributed by atoms with van der Waals surface area (Å²) < 4.78 is 46.9. The number of alkyl halides is 2. The minimum absolute atomic E-state index is 0.0449. The van der Waals surface area contributed by atoms with Gasteiger partial charge < -0.3 is 9.64 Å². The van der Waals surface area contributed by atoms with Gasteiger partial charge >= 0.3 is 0 Å². The number of para-hydroxylation sites is 2. The molecule has 0 aliphatic carbocycles. The Hall–Kier alpha value is -2.46. The maximum Gasteiger partial charge on any atom is 0.296 e. The van der Waals surface area contributed by atoms with E-state index in [-0.39, 0.29) is 17.0 Å². The fourth-order valence-corrected chi connectivity index (χ4v) is 4.04. The Morgan fingerprint density at radius 2 is 2.00 bits per heavy atom. The lowest BCUT2D eigenvalue weighted by Crippen LogP contribution is -2.44. The van der Waals surface area contributed by atoms with Gasteiger partial charge in [0.05, 0.1) is 41.1 Å². The maximum atomic E-state index is 13.8. The highest BCUT2D eigenvalue weighted by Crippen LogP contribution is 2.29. The van der Waals surface area contributed by atoms with E-state index >= 15 is 0 Å². The molecule has 0 saturated carbocycles. The summed E-state index contributed by atoms with van der Waals surface area (Å²) in [6.07, 6.45) is -2.79. The van der Waals surface area contributed by atoms with E-state index in [9.17, 15) is 13.0 Å². The summed E-state index contributed by atoms with van der Waals surface area (Å²) in [7, 11) is -1.44. The molecule has 154 valence electrons. The maximum absolute atomic E-state index is 13.8. The smallest absolute Gasteiger partial charge is 0.296 e. The molecule has 0 radical (unpaired) electrons. The first-order chi connectivity index (χ1) is 14.0. The van der Waals surface area contributed by atoms with Gasteiger partial charge in [0.25, 0.3) is 6.43 Å². The van der Waals surface area contributed by atoms with E-state index in [0.29, 0.717) is 42.4 Å². The lowest BCUT2D eigenvalue weighted by molar-refractivity contribution is 0.0984. The van der Waals surface area contributed by atoms with Crippen LogP contribution < -0.4 is 4.90 Å². The average Bonchev–Trinajstić information content (AvgIpc) is 3.13. The molecule has 3 aromatic rings. The van der Waals surface area contributed by atoms with Gasteiger partial charge in [0.15, 0.2) is 5.82 Å². The molecule has 0 N–H and O–H groups in total. The van der Waals surface area contributed by atoms with Gasteiger partial charge in [-0.05, 0) is 19.1 Å². The minimum Gasteiger partial charge on any atom is -0.377 e. The number of rotatable bonds is 5. The van der Waals surface area contributed by atoms with Crippen LogP contribution in [0.3, 0.4) is 0 Å². The molecule has 10 heteroatoms. The molecule has 0 amide bonds. The highest BCUT2D eigenvalue weighted by atomic mass is 32.2. The van der Waals surface area contributed by atoms with Crippen LogP contribution >= 0.6 is 0 Å². The SMILES string of the molecule is CCS(=O)c1nc(N2CCOC[C@H]2C)cc(-n2c(C(F)F)nc3ccccc32)n1. The second-order valence-electron chi connectivity index (χ2n) is 6.71. The first-order valence-corrected chi connectivity index (χ1v) is 10.7. The zero-order valence-electron chi connectivity index (χ0n) is 16.1. The summed E-state index contributed by atoms with van der Waals surface area (Å²) in [4.78, 5) is 15.0. The van der Waals surface area contributed by atoms with Crippen LogP contribution in [-0.4, -0.2) is 55.3 Å². The van der Waals surface area contributed by atoms with Crippen LogP contribution in [0.2, 0.25) is 0 Å². The Morgan fingerprint density at radius 3 is 2.72 bits per heavy atom. The third-order valence-corrected chi connectivity index (χ3v) is 5.93. The van der Waals surface area contributed by atoms with Crippen LogP contribution in [0.4, 0.5) is 14.6 Å². The monoisotopic (exact) mass is 421 g/mol. The zero-order chi connectivity index (χ0) is 20.5. The van der Waals surface area contributed by atoms with Gasteiger partial charge in [-0.3, -0.25) is 8.78 Å². The van der Waals surface area contributed by atoms with E-state index in [4.69, 9.17) is 4.74 Å². The van der Waals surface area contributed by atoms with E-state index < -0.39 is 23.0 Å². The highest BCUT2D eigenvalue weighted by Gasteiger charge is 2.26. The number of aromatic nitrogens is 4. The number of anilines is 1. The van der Waals surface area contributed by atoms with Gasteiger partial charge in [0.2, 0.25) is 5.16 Å². The lowest BCUT2D eigenvalue weighted by Gasteiger charge is -2.34. The van der Waals surface area contributed by atoms with Gasteiger partial charge in [0.1, 0.15) is 11.6 Å². The molecule has 1 aromatic carbocycles. The largest absolute Gasteiger partial charge is 0.377 e. The Morgan fingerprint density at radius 1 is 1.24 bits per heavy atom. The topological polar surface area (TPSA) is 73.1 Å². The number of fused-ring (bicyclic) bond motifs is 1. The van der Waals surface area contributed by atoms with Crippen LogP contribution in [0, 0.1) is 0 Å². The van der Waals surface area contributed by atoms with Crippen LogP contribution in [0.25, 0.3) is 16.9 Å². The number of imidazole rings is 1. The minimum atomic E-state index is -2.79. The Bertz CT molecular complexity index is 1060. The molecular weight excluding hydrogens is 400 g/mol. The first kappa shape index (κ1) is 19.8. The Balaban J connectivity index is 1.94. The molecule has 7 nitrogen and oxygen atoms in total. The van der Waals surface area contributed by atoms with E-state index in [2.05, 4.69) is 15.0 Å². The van der Waals surface area contributed by atoms with Crippen molar-refractivity contribution in [3.63, 3.8) is 0 Å². The van der Waals surface area contributed by atoms with Crippen molar-refractivity contribution in [2.75, 3.05) is 30.4 Å². The summed E-state index contributed by atoms with van der Waals surface area (Å²) in [5.41, 5.74) is 0.955. The number of nitrogens with zero attached hydrogens (tertiary/aromatic N) is 5. The third kappa shape index (κ3) is 3.74. The molecule has 0 bridgehead atoms. The van der Waals surface area contributed by atoms with E-state index in [1.165, 1.54) is 4.57 Å². The van der Waals surface area contributed by atoms with Crippen LogP contribution in [0.5, 0.6) is 0 Å². The molecule has 3 heterocycles. The van der Waals surface area contributed by atoms with Gasteiger partial charge in [0, 0.05) is 18.4 Å². The molecule has 1 aliphatic rings. The van der Waals surface area contributed by atoms with Crippen molar-refractivity contribution in [2.24, 2.45) is 0 Å². The molecule has 4 rings (SSSR count). The van der Waals surface area contributed by atoms with Crippen molar-refractivity contribution < 1.29 is 17.7 Å². The fourth-order valence-electron chi connectivity index (χ4n) is 3.39. The number of ether oxygens (including phenoxy) is 1. The van der Waals surface area contributed by atoms with Crippen molar-refractivity contribution in [2.45, 2.75) is 31.5 Å². The molecule has 1 aliphatic heterocycles. The van der Waals surface area contributed by atoms with Crippen molar-refractivity contribution in [3.05, 3.63) is 36.2 Å². The molecule has 29 heavy (non-hydrogen) atoms. The molecule has 0 spiro atoms. The summed E-state index contributed by atoms with van der Waals surface area (Å²) in [5, 5.41) is 0.122. The standard InChI is InChI=1S/C19H21F2N5O2S/c1-3-29(27)19-23-15(25-8-9-28-11-12(25)2)10-16(24-19)26-14-7-5-4-6-13(14)22-18(26)17(20)21/h4-7,10,12,17H,3,8-9,11H2,1-2H3/t12-,29?/m1/s1. The predicted molar refractivity (Wildman–Crippen MR) is 106 cm³/mol. The van der Waals surface area contributed by atoms with E-state index in [1.54, 1.807) is 37.3 Å². The normalized spacial score (nSPS) is 18.5. The third-order valence-electron chi connectivity index (χ3n) is 4.82. The van der Waals surface area contributed by atoms with Crippen molar-refractivity contribution >= 4 is 27.7 Å². The highest BCUT2D eigenvalue weighted by molar-refractivity contribution is 7.84. The van der Waals surface area contributed by atoms with Crippen molar-refractivity contribution in [1.82, 2.24) is 19.5 Å². The van der Waals surface area contributed by atoms with E-state index in [1.807, 2.05) is 11.8 Å². The number of halogens is 2. The summed E-state index contributed by atoms with van der Waals surface area (Å²) in [6, 6.07) is 8.58. The summed E-state index contributed by atoms with van der Waals surface area (Å²) >= 11 is 0. The van der Waals surface area contributed by atoms with Gasteiger partial charge in [-0.2, -0.15) is 0 Å². The van der Waals surface area contributed by atoms with Crippen LogP contribution in [-0.2, 0) is 15.5 Å². The molecule has 1 unspecified atom stereocenters. The molecule has 1 fully saturated rings. The number of benzene rings is 1. The van der Waals surface area contributed by atoms with Crippen molar-refractivity contribution in [3.8, 4) is 5.82 Å². The quantitative estimate of drug-likeness (QED) is 0.590. The number of hydrogen-bond acceptors (Lipinski definition) is 6. The van der Waals surface area contributed by atoms with Crippen LogP contribution in [0.1, 0.15) is 26.1 Å². The van der Waals surface area contributed by atoms with Gasteiger partial charge in [-0.15, -0.1) is 0 Å². The number of hydrogen-bond donors (Lipinski definition) is 0. The molecule has 2 atom stereocenters. The van der Waals surface area contributed by atoms with Crippen LogP contribution in [0.15, 0.2) is 35.5 Å². The second kappa shape index (κ2) is 8.11. The lowest BCUT2D eigenvalue weighted by atomic mass is 10.2. The van der Waals surface area contributed by atoms with E-state index in [0.717, 1.165) is 0 Å². The van der Waals surface area contributed by atoms with Gasteiger partial charge in [-0.1, -0.05) is 19.1 Å². The predicted octanol–water partition coefficient (Wildman–Crippen LogP) is 3.11. The zero-order valence-corrected chi connectivity index (χ0v) is 16.9. The second-order valence-corrected chi connectivity index (χ2v) is 8.35. The average molecular weight is 421 g/mol. The summed E-state index contributed by atoms with van der Waals surface area (Å²) in [6.45, 7) is 5.42. The van der Waals surface area contributed by atoms with Crippen molar-refractivity contribution in [1.29, 1.82) is 0 Å². The first-order valence-electron chi connectivity index (χ1n) is 9.37. The molecule has 2 aromatic heterocycles. The molecular formula is C19H21F2N5O2S.